The third-order valence-corrected chi connectivity index (χ3v) is 5.13. The first-order valence-corrected chi connectivity index (χ1v) is 8.42. The fraction of sp³-hybridized carbons (Fsp3) is 0.571. The predicted octanol–water partition coefficient (Wildman–Crippen LogP) is 1.28. The number of hydrogen-bond acceptors (Lipinski definition) is 3. The van der Waals surface area contributed by atoms with Gasteiger partial charge in [0.2, 0.25) is 10.0 Å². The lowest BCUT2D eigenvalue weighted by atomic mass is 10.0. The van der Waals surface area contributed by atoms with Gasteiger partial charge < -0.3 is 5.73 Å². The van der Waals surface area contributed by atoms with E-state index in [1.165, 1.54) is 0 Å². The van der Waals surface area contributed by atoms with Crippen molar-refractivity contribution >= 4 is 10.0 Å². The van der Waals surface area contributed by atoms with Gasteiger partial charge in [-0.2, -0.15) is 0 Å². The lowest BCUT2D eigenvalue weighted by molar-refractivity contribution is 0.461. The van der Waals surface area contributed by atoms with E-state index >= 15 is 0 Å². The lowest BCUT2D eigenvalue weighted by Crippen LogP contribution is -2.33. The van der Waals surface area contributed by atoms with Crippen LogP contribution in [0.2, 0.25) is 0 Å². The first kappa shape index (κ1) is 14.5. The van der Waals surface area contributed by atoms with E-state index in [4.69, 9.17) is 5.73 Å². The van der Waals surface area contributed by atoms with E-state index in [0.717, 1.165) is 24.8 Å². The third kappa shape index (κ3) is 4.60. The monoisotopic (exact) mass is 282 g/mol. The molecule has 0 atom stereocenters. The molecule has 1 fully saturated rings. The van der Waals surface area contributed by atoms with Gasteiger partial charge in [-0.1, -0.05) is 30.3 Å². The van der Waals surface area contributed by atoms with E-state index in [1.54, 1.807) is 0 Å². The van der Waals surface area contributed by atoms with Crippen LogP contribution in [-0.2, 0) is 16.4 Å². The molecule has 1 aromatic carbocycles. The molecule has 0 aromatic heterocycles. The molecule has 19 heavy (non-hydrogen) atoms. The van der Waals surface area contributed by atoms with E-state index in [0.29, 0.717) is 19.5 Å². The van der Waals surface area contributed by atoms with Gasteiger partial charge in [-0.25, -0.2) is 13.1 Å². The van der Waals surface area contributed by atoms with Gasteiger partial charge in [-0.05, 0) is 43.2 Å². The maximum Gasteiger partial charge on any atom is 0.211 e. The fourth-order valence-electron chi connectivity index (χ4n) is 2.23. The first-order valence-electron chi connectivity index (χ1n) is 6.77. The van der Waals surface area contributed by atoms with Crippen LogP contribution in [0.1, 0.15) is 24.8 Å². The summed E-state index contributed by atoms with van der Waals surface area (Å²) < 4.78 is 26.6. The first-order chi connectivity index (χ1) is 9.05. The smallest absolute Gasteiger partial charge is 0.211 e. The summed E-state index contributed by atoms with van der Waals surface area (Å²) >= 11 is 0. The summed E-state index contributed by atoms with van der Waals surface area (Å²) in [6.45, 7) is 1.17. The maximum atomic E-state index is 11.9. The highest BCUT2D eigenvalue weighted by atomic mass is 32.2. The van der Waals surface area contributed by atoms with Crippen molar-refractivity contribution in [2.75, 3.05) is 18.8 Å². The molecule has 0 bridgehead atoms. The zero-order valence-corrected chi connectivity index (χ0v) is 12.0. The van der Waals surface area contributed by atoms with Gasteiger partial charge in [0.05, 0.1) is 5.75 Å². The van der Waals surface area contributed by atoms with E-state index in [1.807, 2.05) is 30.3 Å². The summed E-state index contributed by atoms with van der Waals surface area (Å²) in [7, 11) is -3.18. The molecule has 0 spiro atoms. The molecule has 1 saturated carbocycles. The average molecular weight is 282 g/mol. The molecule has 0 saturated heterocycles. The molecule has 4 nitrogen and oxygen atoms in total. The molecule has 1 aromatic rings. The molecule has 5 heteroatoms. The topological polar surface area (TPSA) is 72.2 Å². The zero-order chi connectivity index (χ0) is 13.8. The number of benzene rings is 1. The summed E-state index contributed by atoms with van der Waals surface area (Å²) in [4.78, 5) is 0. The number of sulfonamides is 1. The molecule has 0 heterocycles. The van der Waals surface area contributed by atoms with Gasteiger partial charge in [0.25, 0.3) is 0 Å². The lowest BCUT2D eigenvalue weighted by Gasteiger charge is -2.15. The Morgan fingerprint density at radius 3 is 2.47 bits per heavy atom. The summed E-state index contributed by atoms with van der Waals surface area (Å²) in [5.74, 6) is 0.149. The molecule has 0 radical (unpaired) electrons. The van der Waals surface area contributed by atoms with Crippen LogP contribution in [0.25, 0.3) is 0 Å². The van der Waals surface area contributed by atoms with E-state index in [-0.39, 0.29) is 11.2 Å². The highest BCUT2D eigenvalue weighted by molar-refractivity contribution is 7.89. The van der Waals surface area contributed by atoms with Crippen molar-refractivity contribution in [1.29, 1.82) is 0 Å². The number of nitrogens with one attached hydrogen (secondary N) is 1. The van der Waals surface area contributed by atoms with Crippen LogP contribution in [0.3, 0.4) is 0 Å². The van der Waals surface area contributed by atoms with Crippen molar-refractivity contribution in [3.63, 3.8) is 0 Å². The average Bonchev–Trinajstić information content (AvgIpc) is 3.17. The van der Waals surface area contributed by atoms with Crippen molar-refractivity contribution < 1.29 is 8.42 Å². The van der Waals surface area contributed by atoms with Crippen molar-refractivity contribution in [2.24, 2.45) is 11.1 Å². The second-order valence-corrected chi connectivity index (χ2v) is 7.34. The van der Waals surface area contributed by atoms with Crippen molar-refractivity contribution in [1.82, 2.24) is 4.72 Å². The molecule has 0 aliphatic heterocycles. The van der Waals surface area contributed by atoms with E-state index < -0.39 is 10.0 Å². The van der Waals surface area contributed by atoms with Crippen LogP contribution in [0.4, 0.5) is 0 Å². The summed E-state index contributed by atoms with van der Waals surface area (Å²) in [5, 5.41) is 0. The van der Waals surface area contributed by atoms with E-state index in [9.17, 15) is 8.42 Å². The van der Waals surface area contributed by atoms with Gasteiger partial charge in [0.15, 0.2) is 0 Å². The van der Waals surface area contributed by atoms with Gasteiger partial charge in [0.1, 0.15) is 0 Å². The Morgan fingerprint density at radius 1 is 1.21 bits per heavy atom. The highest BCUT2D eigenvalue weighted by Crippen LogP contribution is 2.47. The predicted molar refractivity (Wildman–Crippen MR) is 77.3 cm³/mol. The number of rotatable bonds is 8. The zero-order valence-electron chi connectivity index (χ0n) is 11.1. The van der Waals surface area contributed by atoms with Crippen LogP contribution < -0.4 is 10.5 Å². The Labute approximate surface area is 115 Å². The molecular weight excluding hydrogens is 260 g/mol. The minimum Gasteiger partial charge on any atom is -0.330 e. The van der Waals surface area contributed by atoms with Crippen LogP contribution in [0, 0.1) is 5.41 Å². The quantitative estimate of drug-likeness (QED) is 0.754. The van der Waals surface area contributed by atoms with Crippen LogP contribution in [0.15, 0.2) is 30.3 Å². The highest BCUT2D eigenvalue weighted by Gasteiger charge is 2.42. The van der Waals surface area contributed by atoms with Gasteiger partial charge in [-0.15, -0.1) is 0 Å². The van der Waals surface area contributed by atoms with E-state index in [2.05, 4.69) is 4.72 Å². The minimum atomic E-state index is -3.18. The van der Waals surface area contributed by atoms with Crippen LogP contribution >= 0.6 is 0 Å². The van der Waals surface area contributed by atoms with Crippen LogP contribution in [0.5, 0.6) is 0 Å². The number of hydrogen-bond donors (Lipinski definition) is 2. The Balaban J connectivity index is 1.79. The molecule has 3 N–H and O–H groups in total. The number of nitrogens with two attached hydrogens (primary N) is 1. The molecule has 2 rings (SSSR count). The fourth-order valence-corrected chi connectivity index (χ4v) is 3.41. The maximum absolute atomic E-state index is 11.9. The molecule has 1 aliphatic carbocycles. The molecule has 106 valence electrons. The Bertz CT molecular complexity index is 495. The summed E-state index contributed by atoms with van der Waals surface area (Å²) in [6.07, 6.45) is 3.64. The largest absolute Gasteiger partial charge is 0.330 e. The minimum absolute atomic E-state index is 0.147. The molecule has 1 aliphatic rings. The van der Waals surface area contributed by atoms with Crippen molar-refractivity contribution in [2.45, 2.75) is 25.7 Å². The van der Waals surface area contributed by atoms with Crippen molar-refractivity contribution in [3.8, 4) is 0 Å². The Morgan fingerprint density at radius 2 is 1.89 bits per heavy atom. The van der Waals surface area contributed by atoms with Gasteiger partial charge in [0, 0.05) is 6.54 Å². The molecule has 0 unspecified atom stereocenters. The van der Waals surface area contributed by atoms with Gasteiger partial charge in [-0.3, -0.25) is 0 Å². The van der Waals surface area contributed by atoms with Crippen LogP contribution in [-0.4, -0.2) is 27.3 Å². The molecular formula is C14H22N2O2S. The normalized spacial score (nSPS) is 17.3. The third-order valence-electron chi connectivity index (χ3n) is 3.80. The second kappa shape index (κ2) is 6.03. The summed E-state index contributed by atoms with van der Waals surface area (Å²) in [5.41, 5.74) is 6.75. The Kier molecular flexibility index (Phi) is 4.60. The molecule has 0 amide bonds. The summed E-state index contributed by atoms with van der Waals surface area (Å²) in [6, 6.07) is 9.68. The SMILES string of the molecule is NCCC1(CNS(=O)(=O)CCc2ccccc2)CC1. The van der Waals surface area contributed by atoms with Gasteiger partial charge >= 0.3 is 0 Å². The Hall–Kier alpha value is -0.910. The van der Waals surface area contributed by atoms with Crippen molar-refractivity contribution in [3.05, 3.63) is 35.9 Å². The second-order valence-electron chi connectivity index (χ2n) is 5.41. The number of aryl methyl sites for hydroxylation is 1. The standard InChI is InChI=1S/C14H22N2O2S/c15-10-9-14(7-8-14)12-16-19(17,18)11-6-13-4-2-1-3-5-13/h1-5,16H,6-12,15H2.